The first-order valence-corrected chi connectivity index (χ1v) is 9.57. The summed E-state index contributed by atoms with van der Waals surface area (Å²) in [6.07, 6.45) is 0.404. The summed E-state index contributed by atoms with van der Waals surface area (Å²) in [7, 11) is 0. The van der Waals surface area contributed by atoms with Gasteiger partial charge in [-0.05, 0) is 43.3 Å². The maximum Gasteiger partial charge on any atom is 0.225 e. The Hall–Kier alpha value is -2.12. The number of benzene rings is 2. The van der Waals surface area contributed by atoms with Crippen molar-refractivity contribution in [3.8, 4) is 5.69 Å². The van der Waals surface area contributed by atoms with Gasteiger partial charge in [-0.2, -0.15) is 0 Å². The van der Waals surface area contributed by atoms with Gasteiger partial charge in [0, 0.05) is 28.0 Å². The molecule has 1 aromatic heterocycles. The Kier molecular flexibility index (Phi) is 5.88. The molecule has 0 aliphatic rings. The summed E-state index contributed by atoms with van der Waals surface area (Å²) in [5.74, 6) is 1.44. The number of thioether (sulfide) groups is 1. The quantitative estimate of drug-likeness (QED) is 0.602. The van der Waals surface area contributed by atoms with Gasteiger partial charge < -0.3 is 5.32 Å². The molecule has 1 N–H and O–H groups in total. The lowest BCUT2D eigenvalue weighted by atomic mass is 10.3. The van der Waals surface area contributed by atoms with Crippen LogP contribution in [0.3, 0.4) is 0 Å². The minimum atomic E-state index is -0.0164. The minimum absolute atomic E-state index is 0.0164. The van der Waals surface area contributed by atoms with E-state index in [2.05, 4.69) is 31.4 Å². The molecule has 3 aromatic rings. The number of anilines is 1. The summed E-state index contributed by atoms with van der Waals surface area (Å²) >= 11 is 4.90. The van der Waals surface area contributed by atoms with Gasteiger partial charge in [-0.25, -0.2) is 0 Å². The van der Waals surface area contributed by atoms with Crippen LogP contribution in [0.4, 0.5) is 5.69 Å². The predicted molar refractivity (Wildman–Crippen MR) is 104 cm³/mol. The molecule has 1 heterocycles. The number of carbonyl (C=O) groups is 1. The molecule has 0 radical (unpaired) electrons. The van der Waals surface area contributed by atoms with Crippen LogP contribution in [-0.4, -0.2) is 26.4 Å². The summed E-state index contributed by atoms with van der Waals surface area (Å²) in [6.45, 7) is 1.92. The second-order valence-electron chi connectivity index (χ2n) is 5.35. The number of rotatable bonds is 6. The summed E-state index contributed by atoms with van der Waals surface area (Å²) in [4.78, 5) is 12.1. The number of nitrogens with one attached hydrogen (secondary N) is 1. The smallest absolute Gasteiger partial charge is 0.225 e. The average molecular weight is 417 g/mol. The molecule has 0 spiro atoms. The van der Waals surface area contributed by atoms with E-state index in [4.69, 9.17) is 0 Å². The molecule has 7 heteroatoms. The van der Waals surface area contributed by atoms with Gasteiger partial charge >= 0.3 is 0 Å². The molecule has 0 fully saturated rings. The molecule has 0 unspecified atom stereocenters. The largest absolute Gasteiger partial charge is 0.326 e. The van der Waals surface area contributed by atoms with Crippen LogP contribution in [0.5, 0.6) is 0 Å². The van der Waals surface area contributed by atoms with Gasteiger partial charge in [0.2, 0.25) is 5.91 Å². The summed E-state index contributed by atoms with van der Waals surface area (Å²) in [6, 6.07) is 17.5. The van der Waals surface area contributed by atoms with Crippen molar-refractivity contribution in [2.75, 3.05) is 11.1 Å². The van der Waals surface area contributed by atoms with Crippen molar-refractivity contribution in [3.63, 3.8) is 0 Å². The monoisotopic (exact) mass is 416 g/mol. The van der Waals surface area contributed by atoms with E-state index < -0.39 is 0 Å². The van der Waals surface area contributed by atoms with Gasteiger partial charge in [-0.15, -0.1) is 10.2 Å². The Morgan fingerprint density at radius 1 is 1.12 bits per heavy atom. The second kappa shape index (κ2) is 8.31. The standard InChI is InChI=1S/C18H17BrN4OS/c1-13-21-22-18(23(13)16-5-3-2-4-6-16)25-12-11-17(24)20-15-9-7-14(19)8-10-15/h2-10H,11-12H2,1H3,(H,20,24). The molecular formula is C18H17BrN4OS. The SMILES string of the molecule is Cc1nnc(SCCC(=O)Nc2ccc(Br)cc2)n1-c1ccccc1. The molecule has 2 aromatic carbocycles. The molecule has 0 aliphatic carbocycles. The van der Waals surface area contributed by atoms with Crippen LogP contribution in [0, 0.1) is 6.92 Å². The Labute approximate surface area is 159 Å². The van der Waals surface area contributed by atoms with Crippen LogP contribution in [0.2, 0.25) is 0 Å². The van der Waals surface area contributed by atoms with Crippen LogP contribution >= 0.6 is 27.7 Å². The van der Waals surface area contributed by atoms with Crippen LogP contribution in [0.15, 0.2) is 64.2 Å². The lowest BCUT2D eigenvalue weighted by Crippen LogP contribution is -2.12. The zero-order valence-corrected chi connectivity index (χ0v) is 16.0. The van der Waals surface area contributed by atoms with Crippen molar-refractivity contribution in [2.45, 2.75) is 18.5 Å². The van der Waals surface area contributed by atoms with E-state index in [0.29, 0.717) is 12.2 Å². The van der Waals surface area contributed by atoms with Crippen molar-refractivity contribution in [1.29, 1.82) is 0 Å². The van der Waals surface area contributed by atoms with Crippen LogP contribution in [0.1, 0.15) is 12.2 Å². The molecule has 5 nitrogen and oxygen atoms in total. The second-order valence-corrected chi connectivity index (χ2v) is 7.33. The number of carbonyl (C=O) groups excluding carboxylic acids is 1. The minimum Gasteiger partial charge on any atom is -0.326 e. The van der Waals surface area contributed by atoms with E-state index >= 15 is 0 Å². The van der Waals surface area contributed by atoms with E-state index in [1.807, 2.05) is 66.1 Å². The van der Waals surface area contributed by atoms with Crippen molar-refractivity contribution >= 4 is 39.3 Å². The fourth-order valence-electron chi connectivity index (χ4n) is 2.30. The third kappa shape index (κ3) is 4.70. The topological polar surface area (TPSA) is 59.8 Å². The van der Waals surface area contributed by atoms with Gasteiger partial charge in [0.25, 0.3) is 0 Å². The number of halogens is 1. The van der Waals surface area contributed by atoms with E-state index in [1.54, 1.807) is 0 Å². The highest BCUT2D eigenvalue weighted by Crippen LogP contribution is 2.22. The van der Waals surface area contributed by atoms with Crippen LogP contribution in [0.25, 0.3) is 5.69 Å². The summed E-state index contributed by atoms with van der Waals surface area (Å²) in [5.41, 5.74) is 1.81. The maximum absolute atomic E-state index is 12.1. The number of hydrogen-bond acceptors (Lipinski definition) is 4. The average Bonchev–Trinajstić information content (AvgIpc) is 2.98. The van der Waals surface area contributed by atoms with Gasteiger partial charge in [0.05, 0.1) is 0 Å². The number of amides is 1. The van der Waals surface area contributed by atoms with E-state index in [9.17, 15) is 4.79 Å². The fraction of sp³-hybridized carbons (Fsp3) is 0.167. The molecule has 0 saturated carbocycles. The van der Waals surface area contributed by atoms with Crippen LogP contribution < -0.4 is 5.32 Å². The highest BCUT2D eigenvalue weighted by molar-refractivity contribution is 9.10. The summed E-state index contributed by atoms with van der Waals surface area (Å²) in [5, 5.41) is 12.1. The molecule has 3 rings (SSSR count). The molecule has 0 bridgehead atoms. The number of hydrogen-bond donors (Lipinski definition) is 1. The summed E-state index contributed by atoms with van der Waals surface area (Å²) < 4.78 is 2.98. The molecule has 0 atom stereocenters. The highest BCUT2D eigenvalue weighted by Gasteiger charge is 2.12. The van der Waals surface area contributed by atoms with E-state index in [0.717, 1.165) is 26.8 Å². The first-order valence-electron chi connectivity index (χ1n) is 7.79. The number of nitrogens with zero attached hydrogens (tertiary/aromatic N) is 3. The molecule has 1 amide bonds. The lowest BCUT2D eigenvalue weighted by molar-refractivity contribution is -0.115. The van der Waals surface area contributed by atoms with Crippen molar-refractivity contribution in [2.24, 2.45) is 0 Å². The van der Waals surface area contributed by atoms with E-state index in [-0.39, 0.29) is 5.91 Å². The Morgan fingerprint density at radius 3 is 2.56 bits per heavy atom. The third-order valence-corrected chi connectivity index (χ3v) is 4.96. The molecule has 128 valence electrons. The third-order valence-electron chi connectivity index (χ3n) is 3.50. The van der Waals surface area contributed by atoms with Crippen molar-refractivity contribution < 1.29 is 4.79 Å². The molecule has 0 aliphatic heterocycles. The fourth-order valence-corrected chi connectivity index (χ4v) is 3.50. The lowest BCUT2D eigenvalue weighted by Gasteiger charge is -2.08. The van der Waals surface area contributed by atoms with Gasteiger partial charge in [-0.3, -0.25) is 9.36 Å². The Balaban J connectivity index is 1.57. The normalized spacial score (nSPS) is 10.6. The first-order chi connectivity index (χ1) is 12.1. The predicted octanol–water partition coefficient (Wildman–Crippen LogP) is 4.46. The van der Waals surface area contributed by atoms with Crippen molar-refractivity contribution in [3.05, 3.63) is 64.9 Å². The first kappa shape index (κ1) is 17.7. The van der Waals surface area contributed by atoms with Gasteiger partial charge in [-0.1, -0.05) is 45.9 Å². The zero-order chi connectivity index (χ0) is 17.6. The van der Waals surface area contributed by atoms with Crippen molar-refractivity contribution in [1.82, 2.24) is 14.8 Å². The highest BCUT2D eigenvalue weighted by atomic mass is 79.9. The van der Waals surface area contributed by atoms with Gasteiger partial charge in [0.15, 0.2) is 5.16 Å². The Morgan fingerprint density at radius 2 is 1.84 bits per heavy atom. The molecule has 25 heavy (non-hydrogen) atoms. The molecular weight excluding hydrogens is 400 g/mol. The zero-order valence-electron chi connectivity index (χ0n) is 13.6. The molecule has 0 saturated heterocycles. The maximum atomic E-state index is 12.1. The van der Waals surface area contributed by atoms with Crippen LogP contribution in [-0.2, 0) is 4.79 Å². The Bertz CT molecular complexity index is 849. The number of aryl methyl sites for hydroxylation is 1. The van der Waals surface area contributed by atoms with E-state index in [1.165, 1.54) is 11.8 Å². The number of aromatic nitrogens is 3. The number of para-hydroxylation sites is 1. The van der Waals surface area contributed by atoms with Gasteiger partial charge in [0.1, 0.15) is 5.82 Å².